The number of hydrogen-bond acceptors (Lipinski definition) is 1. The Labute approximate surface area is 86.6 Å². The van der Waals surface area contributed by atoms with Gasteiger partial charge in [0.25, 0.3) is 0 Å². The molecule has 1 saturated heterocycles. The lowest BCUT2D eigenvalue weighted by Gasteiger charge is -2.60. The lowest BCUT2D eigenvalue weighted by atomic mass is 9.45. The molecule has 1 heteroatoms. The molecule has 1 N–H and O–H groups in total. The van der Waals surface area contributed by atoms with Crippen LogP contribution in [-0.2, 0) is 0 Å². The zero-order valence-electron chi connectivity index (χ0n) is 8.97. The number of hydrogen-bond donors (Lipinski definition) is 1. The summed E-state index contributed by atoms with van der Waals surface area (Å²) in [5.41, 5.74) is 0.785. The Bertz CT molecular complexity index is 222. The quantitative estimate of drug-likeness (QED) is 0.620. The molecule has 5 aliphatic rings. The number of rotatable bonds is 0. The van der Waals surface area contributed by atoms with Crippen molar-refractivity contribution in [2.24, 2.45) is 29.1 Å². The minimum absolute atomic E-state index is 0.785. The molecule has 1 nitrogen and oxygen atoms in total. The van der Waals surface area contributed by atoms with E-state index >= 15 is 0 Å². The van der Waals surface area contributed by atoms with Crippen molar-refractivity contribution in [3.63, 3.8) is 0 Å². The SMILES string of the molecule is C1CC2(CN1)C1CC3CC(C1)CC2C3. The van der Waals surface area contributed by atoms with E-state index < -0.39 is 0 Å². The van der Waals surface area contributed by atoms with Crippen molar-refractivity contribution < 1.29 is 0 Å². The molecule has 4 saturated carbocycles. The van der Waals surface area contributed by atoms with E-state index in [1.807, 2.05) is 0 Å². The number of nitrogens with one attached hydrogen (secondary N) is 1. The fourth-order valence-electron chi connectivity index (χ4n) is 5.55. The first-order chi connectivity index (χ1) is 6.87. The molecule has 78 valence electrons. The first kappa shape index (κ1) is 8.15. The maximum atomic E-state index is 3.64. The third kappa shape index (κ3) is 0.856. The molecule has 0 atom stereocenters. The van der Waals surface area contributed by atoms with Crippen LogP contribution >= 0.6 is 0 Å². The van der Waals surface area contributed by atoms with E-state index in [0.29, 0.717) is 0 Å². The molecule has 5 rings (SSSR count). The second-order valence-electron chi connectivity index (χ2n) is 6.46. The molecule has 1 heterocycles. The normalized spacial score (nSPS) is 60.0. The van der Waals surface area contributed by atoms with Gasteiger partial charge in [-0.3, -0.25) is 0 Å². The zero-order valence-corrected chi connectivity index (χ0v) is 8.97. The highest BCUT2D eigenvalue weighted by molar-refractivity contribution is 5.08. The van der Waals surface area contributed by atoms with Gasteiger partial charge in [0.15, 0.2) is 0 Å². The molecule has 5 fully saturated rings. The van der Waals surface area contributed by atoms with Crippen molar-refractivity contribution in [3.8, 4) is 0 Å². The van der Waals surface area contributed by atoms with Crippen LogP contribution in [0.2, 0.25) is 0 Å². The third-order valence-electron chi connectivity index (χ3n) is 5.99. The van der Waals surface area contributed by atoms with Crippen LogP contribution in [0.25, 0.3) is 0 Å². The fourth-order valence-corrected chi connectivity index (χ4v) is 5.55. The van der Waals surface area contributed by atoms with Crippen LogP contribution in [-0.4, -0.2) is 13.1 Å². The lowest BCUT2D eigenvalue weighted by Crippen LogP contribution is -2.53. The second-order valence-corrected chi connectivity index (χ2v) is 6.46. The van der Waals surface area contributed by atoms with Gasteiger partial charge in [0, 0.05) is 6.54 Å². The molecule has 0 aromatic heterocycles. The maximum absolute atomic E-state index is 3.64. The Morgan fingerprint density at radius 3 is 2.00 bits per heavy atom. The monoisotopic (exact) mass is 191 g/mol. The Balaban J connectivity index is 1.73. The zero-order chi connectivity index (χ0) is 9.17. The van der Waals surface area contributed by atoms with Gasteiger partial charge in [0.2, 0.25) is 0 Å². The van der Waals surface area contributed by atoms with Crippen LogP contribution in [0.3, 0.4) is 0 Å². The molecular weight excluding hydrogens is 170 g/mol. The fraction of sp³-hybridized carbons (Fsp3) is 1.00. The minimum Gasteiger partial charge on any atom is -0.316 e. The topological polar surface area (TPSA) is 12.0 Å². The highest BCUT2D eigenvalue weighted by Gasteiger charge is 2.57. The molecule has 14 heavy (non-hydrogen) atoms. The molecular formula is C13H21N. The Morgan fingerprint density at radius 1 is 0.857 bits per heavy atom. The van der Waals surface area contributed by atoms with Gasteiger partial charge in [-0.15, -0.1) is 0 Å². The summed E-state index contributed by atoms with van der Waals surface area (Å²) in [4.78, 5) is 0. The summed E-state index contributed by atoms with van der Waals surface area (Å²) in [5, 5.41) is 3.64. The van der Waals surface area contributed by atoms with Crippen LogP contribution in [0.1, 0.15) is 38.5 Å². The molecule has 1 aliphatic heterocycles. The van der Waals surface area contributed by atoms with Crippen LogP contribution in [0, 0.1) is 29.1 Å². The predicted molar refractivity (Wildman–Crippen MR) is 57.0 cm³/mol. The van der Waals surface area contributed by atoms with Gasteiger partial charge in [-0.1, -0.05) is 0 Å². The van der Waals surface area contributed by atoms with Crippen molar-refractivity contribution in [1.29, 1.82) is 0 Å². The van der Waals surface area contributed by atoms with Gasteiger partial charge in [-0.25, -0.2) is 0 Å². The Kier molecular flexibility index (Phi) is 1.49. The largest absolute Gasteiger partial charge is 0.316 e. The van der Waals surface area contributed by atoms with Gasteiger partial charge in [-0.05, 0) is 74.2 Å². The van der Waals surface area contributed by atoms with Crippen molar-refractivity contribution in [2.45, 2.75) is 38.5 Å². The Hall–Kier alpha value is -0.0400. The molecule has 1 spiro atoms. The summed E-state index contributed by atoms with van der Waals surface area (Å²) in [5.74, 6) is 4.52. The van der Waals surface area contributed by atoms with Gasteiger partial charge in [0.05, 0.1) is 0 Å². The van der Waals surface area contributed by atoms with Crippen LogP contribution in [0.4, 0.5) is 0 Å². The van der Waals surface area contributed by atoms with E-state index in [2.05, 4.69) is 5.32 Å². The minimum atomic E-state index is 0.785. The van der Waals surface area contributed by atoms with Crippen molar-refractivity contribution >= 4 is 0 Å². The highest BCUT2D eigenvalue weighted by Crippen LogP contribution is 2.63. The predicted octanol–water partition coefficient (Wildman–Crippen LogP) is 2.42. The van der Waals surface area contributed by atoms with Gasteiger partial charge >= 0.3 is 0 Å². The first-order valence-corrected chi connectivity index (χ1v) is 6.57. The maximum Gasteiger partial charge on any atom is 0.00136 e. The van der Waals surface area contributed by atoms with Crippen molar-refractivity contribution in [3.05, 3.63) is 0 Å². The molecule has 4 aliphatic carbocycles. The van der Waals surface area contributed by atoms with Crippen molar-refractivity contribution in [2.75, 3.05) is 13.1 Å². The third-order valence-corrected chi connectivity index (χ3v) is 5.99. The smallest absolute Gasteiger partial charge is 0.00136 e. The highest BCUT2D eigenvalue weighted by atomic mass is 14.9. The van der Waals surface area contributed by atoms with E-state index in [-0.39, 0.29) is 0 Å². The van der Waals surface area contributed by atoms with Gasteiger partial charge in [-0.2, -0.15) is 0 Å². The summed E-state index contributed by atoms with van der Waals surface area (Å²) >= 11 is 0. The van der Waals surface area contributed by atoms with Crippen LogP contribution < -0.4 is 5.32 Å². The standard InChI is InChI=1S/C13H21N/c1-2-14-8-13(1)11-4-9-3-10(6-11)7-12(13)5-9/h9-12,14H,1-8H2. The van der Waals surface area contributed by atoms with E-state index in [1.54, 1.807) is 32.1 Å². The van der Waals surface area contributed by atoms with Gasteiger partial charge in [0.1, 0.15) is 0 Å². The molecule has 4 bridgehead atoms. The summed E-state index contributed by atoms with van der Waals surface area (Å²) < 4.78 is 0. The average Bonchev–Trinajstić information content (AvgIpc) is 2.63. The summed E-state index contributed by atoms with van der Waals surface area (Å²) in [6.45, 7) is 2.67. The Morgan fingerprint density at radius 2 is 1.50 bits per heavy atom. The van der Waals surface area contributed by atoms with E-state index in [9.17, 15) is 0 Å². The van der Waals surface area contributed by atoms with E-state index in [1.165, 1.54) is 19.5 Å². The van der Waals surface area contributed by atoms with Crippen LogP contribution in [0.15, 0.2) is 0 Å². The van der Waals surface area contributed by atoms with Crippen LogP contribution in [0.5, 0.6) is 0 Å². The van der Waals surface area contributed by atoms with E-state index in [4.69, 9.17) is 0 Å². The molecule has 0 unspecified atom stereocenters. The first-order valence-electron chi connectivity index (χ1n) is 6.57. The van der Waals surface area contributed by atoms with Crippen molar-refractivity contribution in [1.82, 2.24) is 5.32 Å². The van der Waals surface area contributed by atoms with E-state index in [0.717, 1.165) is 29.1 Å². The summed E-state index contributed by atoms with van der Waals surface area (Å²) in [6.07, 6.45) is 9.46. The average molecular weight is 191 g/mol. The molecule has 0 amide bonds. The second kappa shape index (κ2) is 2.55. The molecule has 0 aromatic rings. The lowest BCUT2D eigenvalue weighted by molar-refractivity contribution is -0.0971. The molecule has 0 aromatic carbocycles. The molecule has 0 radical (unpaired) electrons. The summed E-state index contributed by atoms with van der Waals surface area (Å²) in [6, 6.07) is 0. The van der Waals surface area contributed by atoms with Gasteiger partial charge < -0.3 is 5.32 Å². The summed E-state index contributed by atoms with van der Waals surface area (Å²) in [7, 11) is 0.